The van der Waals surface area contributed by atoms with E-state index in [0.29, 0.717) is 6.42 Å². The number of aliphatic hydroxyl groups is 1. The maximum absolute atomic E-state index is 10.9. The lowest BCUT2D eigenvalue weighted by molar-refractivity contribution is -0.118. The van der Waals surface area contributed by atoms with Crippen molar-refractivity contribution in [3.63, 3.8) is 0 Å². The third kappa shape index (κ3) is 5.29. The minimum atomic E-state index is -0.302. The molecule has 1 amide bonds. The minimum Gasteiger partial charge on any atom is -0.396 e. The quantitative estimate of drug-likeness (QED) is 0.652. The Labute approximate surface area is 108 Å². The van der Waals surface area contributed by atoms with Gasteiger partial charge < -0.3 is 16.2 Å². The molecule has 0 spiro atoms. The van der Waals surface area contributed by atoms with Gasteiger partial charge in [-0.25, -0.2) is 0 Å². The predicted molar refractivity (Wildman–Crippen MR) is 71.9 cm³/mol. The van der Waals surface area contributed by atoms with E-state index >= 15 is 0 Å². The standard InChI is InChI=1S/C14H22N2O2/c1-11(10-14(15)18)16-13(8-5-9-17)12-6-3-2-4-7-12/h2-4,6-7,11,13,16-17H,5,8-10H2,1H3,(H2,15,18). The van der Waals surface area contributed by atoms with Gasteiger partial charge in [0, 0.05) is 25.1 Å². The number of rotatable bonds is 8. The van der Waals surface area contributed by atoms with Crippen LogP contribution >= 0.6 is 0 Å². The van der Waals surface area contributed by atoms with Crippen LogP contribution in [0.15, 0.2) is 30.3 Å². The van der Waals surface area contributed by atoms with E-state index in [-0.39, 0.29) is 24.6 Å². The lowest BCUT2D eigenvalue weighted by Crippen LogP contribution is -2.34. The second-order valence-electron chi connectivity index (χ2n) is 4.57. The number of hydrogen-bond donors (Lipinski definition) is 3. The van der Waals surface area contributed by atoms with Gasteiger partial charge in [-0.1, -0.05) is 30.3 Å². The highest BCUT2D eigenvalue weighted by atomic mass is 16.2. The fourth-order valence-corrected chi connectivity index (χ4v) is 2.03. The maximum atomic E-state index is 10.9. The molecule has 2 unspecified atom stereocenters. The summed E-state index contributed by atoms with van der Waals surface area (Å²) in [6, 6.07) is 10.2. The summed E-state index contributed by atoms with van der Waals surface area (Å²) in [6.45, 7) is 2.12. The molecule has 1 rings (SSSR count). The number of carbonyl (C=O) groups is 1. The number of nitrogens with one attached hydrogen (secondary N) is 1. The monoisotopic (exact) mass is 250 g/mol. The Kier molecular flexibility index (Phi) is 6.39. The highest BCUT2D eigenvalue weighted by molar-refractivity contribution is 5.74. The third-order valence-corrected chi connectivity index (χ3v) is 2.85. The SMILES string of the molecule is CC(CC(N)=O)NC(CCCO)c1ccccc1. The van der Waals surface area contributed by atoms with Crippen molar-refractivity contribution in [3.8, 4) is 0 Å². The van der Waals surface area contributed by atoms with E-state index in [2.05, 4.69) is 5.32 Å². The molecule has 4 nitrogen and oxygen atoms in total. The van der Waals surface area contributed by atoms with Gasteiger partial charge in [0.2, 0.25) is 5.91 Å². The molecule has 0 saturated heterocycles. The molecule has 2 atom stereocenters. The van der Waals surface area contributed by atoms with Crippen LogP contribution in [0.4, 0.5) is 0 Å². The molecule has 100 valence electrons. The zero-order chi connectivity index (χ0) is 13.4. The first-order valence-corrected chi connectivity index (χ1v) is 6.33. The zero-order valence-electron chi connectivity index (χ0n) is 10.8. The lowest BCUT2D eigenvalue weighted by Gasteiger charge is -2.23. The Balaban J connectivity index is 2.64. The number of primary amides is 1. The summed E-state index contributed by atoms with van der Waals surface area (Å²) < 4.78 is 0. The molecule has 0 radical (unpaired) electrons. The van der Waals surface area contributed by atoms with E-state index in [0.717, 1.165) is 12.8 Å². The number of amides is 1. The zero-order valence-corrected chi connectivity index (χ0v) is 10.8. The molecule has 0 aliphatic heterocycles. The fourth-order valence-electron chi connectivity index (χ4n) is 2.03. The first kappa shape index (κ1) is 14.7. The summed E-state index contributed by atoms with van der Waals surface area (Å²) in [7, 11) is 0. The maximum Gasteiger partial charge on any atom is 0.218 e. The van der Waals surface area contributed by atoms with E-state index in [9.17, 15) is 4.79 Å². The molecule has 18 heavy (non-hydrogen) atoms. The lowest BCUT2D eigenvalue weighted by atomic mass is 10.0. The van der Waals surface area contributed by atoms with Crippen LogP contribution in [-0.4, -0.2) is 23.7 Å². The number of benzene rings is 1. The van der Waals surface area contributed by atoms with Crippen molar-refractivity contribution in [1.29, 1.82) is 0 Å². The second kappa shape index (κ2) is 7.84. The van der Waals surface area contributed by atoms with Gasteiger partial charge in [-0.15, -0.1) is 0 Å². The summed E-state index contributed by atoms with van der Waals surface area (Å²) in [5.74, 6) is -0.302. The van der Waals surface area contributed by atoms with Crippen LogP contribution in [0.25, 0.3) is 0 Å². The largest absolute Gasteiger partial charge is 0.396 e. The van der Waals surface area contributed by atoms with Crippen molar-refractivity contribution in [3.05, 3.63) is 35.9 Å². The number of hydrogen-bond acceptors (Lipinski definition) is 3. The number of carbonyl (C=O) groups excluding carboxylic acids is 1. The fraction of sp³-hybridized carbons (Fsp3) is 0.500. The van der Waals surface area contributed by atoms with Gasteiger partial charge in [-0.2, -0.15) is 0 Å². The Morgan fingerprint density at radius 1 is 1.39 bits per heavy atom. The predicted octanol–water partition coefficient (Wildman–Crippen LogP) is 1.35. The average Bonchev–Trinajstić information content (AvgIpc) is 2.34. The Hall–Kier alpha value is -1.39. The summed E-state index contributed by atoms with van der Waals surface area (Å²) in [5.41, 5.74) is 6.36. The highest BCUT2D eigenvalue weighted by Gasteiger charge is 2.14. The van der Waals surface area contributed by atoms with Gasteiger partial charge in [0.25, 0.3) is 0 Å². The molecular formula is C14H22N2O2. The molecular weight excluding hydrogens is 228 g/mol. The van der Waals surface area contributed by atoms with Crippen LogP contribution in [0.2, 0.25) is 0 Å². The first-order valence-electron chi connectivity index (χ1n) is 6.33. The van der Waals surface area contributed by atoms with E-state index in [1.807, 2.05) is 37.3 Å². The molecule has 1 aromatic carbocycles. The topological polar surface area (TPSA) is 75.4 Å². The van der Waals surface area contributed by atoms with Gasteiger partial charge in [0.1, 0.15) is 0 Å². The van der Waals surface area contributed by atoms with Gasteiger partial charge in [0.15, 0.2) is 0 Å². The van der Waals surface area contributed by atoms with E-state index in [1.165, 1.54) is 5.56 Å². The molecule has 0 saturated carbocycles. The van der Waals surface area contributed by atoms with Crippen molar-refractivity contribution in [2.24, 2.45) is 5.73 Å². The number of aliphatic hydroxyl groups excluding tert-OH is 1. The Bertz CT molecular complexity index is 354. The molecule has 0 aliphatic carbocycles. The summed E-state index contributed by atoms with van der Waals surface area (Å²) in [6.07, 6.45) is 1.89. The average molecular weight is 250 g/mol. The van der Waals surface area contributed by atoms with Gasteiger partial charge in [-0.3, -0.25) is 4.79 Å². The van der Waals surface area contributed by atoms with E-state index in [4.69, 9.17) is 10.8 Å². The molecule has 0 bridgehead atoms. The molecule has 4 N–H and O–H groups in total. The van der Waals surface area contributed by atoms with Crippen LogP contribution < -0.4 is 11.1 Å². The minimum absolute atomic E-state index is 0.0337. The third-order valence-electron chi connectivity index (χ3n) is 2.85. The van der Waals surface area contributed by atoms with Crippen LogP contribution in [0, 0.1) is 0 Å². The van der Waals surface area contributed by atoms with Gasteiger partial charge >= 0.3 is 0 Å². The van der Waals surface area contributed by atoms with Gasteiger partial charge in [-0.05, 0) is 25.3 Å². The molecule has 4 heteroatoms. The summed E-state index contributed by atoms with van der Waals surface area (Å²) in [5, 5.41) is 12.3. The molecule has 1 aromatic rings. The van der Waals surface area contributed by atoms with Crippen molar-refractivity contribution in [2.45, 2.75) is 38.3 Å². The van der Waals surface area contributed by atoms with Crippen LogP contribution in [0.1, 0.15) is 37.8 Å². The van der Waals surface area contributed by atoms with Crippen molar-refractivity contribution in [2.75, 3.05) is 6.61 Å². The second-order valence-corrected chi connectivity index (χ2v) is 4.57. The van der Waals surface area contributed by atoms with Crippen molar-refractivity contribution in [1.82, 2.24) is 5.32 Å². The van der Waals surface area contributed by atoms with Crippen LogP contribution in [0.5, 0.6) is 0 Å². The molecule has 0 heterocycles. The molecule has 0 aromatic heterocycles. The first-order chi connectivity index (χ1) is 8.63. The number of nitrogens with two attached hydrogens (primary N) is 1. The van der Waals surface area contributed by atoms with Crippen molar-refractivity contribution < 1.29 is 9.90 Å². The van der Waals surface area contributed by atoms with E-state index in [1.54, 1.807) is 0 Å². The Morgan fingerprint density at radius 3 is 2.61 bits per heavy atom. The Morgan fingerprint density at radius 2 is 2.06 bits per heavy atom. The smallest absolute Gasteiger partial charge is 0.218 e. The van der Waals surface area contributed by atoms with Gasteiger partial charge in [0.05, 0.1) is 0 Å². The van der Waals surface area contributed by atoms with Crippen LogP contribution in [-0.2, 0) is 4.79 Å². The molecule has 0 aliphatic rings. The molecule has 0 fully saturated rings. The van der Waals surface area contributed by atoms with Crippen molar-refractivity contribution >= 4 is 5.91 Å². The normalized spacial score (nSPS) is 14.1. The summed E-state index contributed by atoms with van der Waals surface area (Å²) >= 11 is 0. The highest BCUT2D eigenvalue weighted by Crippen LogP contribution is 2.19. The van der Waals surface area contributed by atoms with Crippen LogP contribution in [0.3, 0.4) is 0 Å². The van der Waals surface area contributed by atoms with E-state index < -0.39 is 0 Å². The summed E-state index contributed by atoms with van der Waals surface area (Å²) in [4.78, 5) is 10.9.